The van der Waals surface area contributed by atoms with Crippen molar-refractivity contribution in [3.8, 4) is 11.5 Å². The molecule has 1 fully saturated rings. The zero-order valence-electron chi connectivity index (χ0n) is 25.0. The molecule has 10 heteroatoms. The minimum atomic E-state index is -4.16. The van der Waals surface area contributed by atoms with Crippen LogP contribution < -0.4 is 14.4 Å². The number of nitrogens with one attached hydrogen (secondary N) is 1. The van der Waals surface area contributed by atoms with Crippen molar-refractivity contribution in [3.63, 3.8) is 0 Å². The predicted molar refractivity (Wildman–Crippen MR) is 178 cm³/mol. The number of carbonyl (C=O) groups is 2. The van der Waals surface area contributed by atoms with Gasteiger partial charge in [0.25, 0.3) is 10.0 Å². The molecule has 234 valence electrons. The summed E-state index contributed by atoms with van der Waals surface area (Å²) in [6.45, 7) is 1.30. The van der Waals surface area contributed by atoms with Crippen LogP contribution in [0.2, 0.25) is 0 Å². The van der Waals surface area contributed by atoms with Crippen molar-refractivity contribution >= 4 is 43.5 Å². The number of para-hydroxylation sites is 1. The highest BCUT2D eigenvalue weighted by Gasteiger charge is 2.33. The zero-order valence-corrected chi connectivity index (χ0v) is 27.4. The van der Waals surface area contributed by atoms with E-state index in [9.17, 15) is 18.0 Å². The van der Waals surface area contributed by atoms with E-state index in [2.05, 4.69) is 21.2 Å². The van der Waals surface area contributed by atoms with Crippen LogP contribution in [0.25, 0.3) is 0 Å². The lowest BCUT2D eigenvalue weighted by molar-refractivity contribution is -0.139. The van der Waals surface area contributed by atoms with Gasteiger partial charge in [0, 0.05) is 17.1 Å². The van der Waals surface area contributed by atoms with Gasteiger partial charge in [-0.2, -0.15) is 0 Å². The first kappa shape index (κ1) is 32.2. The second kappa shape index (κ2) is 14.8. The van der Waals surface area contributed by atoms with E-state index in [1.165, 1.54) is 17.0 Å². The first-order valence-corrected chi connectivity index (χ1v) is 17.2. The smallest absolute Gasteiger partial charge is 0.264 e. The predicted octanol–water partition coefficient (Wildman–Crippen LogP) is 6.91. The molecule has 1 aliphatic rings. The monoisotopic (exact) mass is 689 g/mol. The molecule has 0 radical (unpaired) electrons. The van der Waals surface area contributed by atoms with Crippen LogP contribution in [0.1, 0.15) is 38.2 Å². The third kappa shape index (κ3) is 8.32. The van der Waals surface area contributed by atoms with E-state index in [4.69, 9.17) is 4.74 Å². The quantitative estimate of drug-likeness (QED) is 0.174. The minimum Gasteiger partial charge on any atom is -0.457 e. The number of rotatable bonds is 12. The fraction of sp³-hybridized carbons (Fsp3) is 0.257. The molecule has 1 aliphatic carbocycles. The lowest BCUT2D eigenvalue weighted by atomic mass is 10.1. The van der Waals surface area contributed by atoms with Gasteiger partial charge in [-0.15, -0.1) is 0 Å². The summed E-state index contributed by atoms with van der Waals surface area (Å²) in [5, 5.41) is 3.09. The topological polar surface area (TPSA) is 96.0 Å². The van der Waals surface area contributed by atoms with E-state index >= 15 is 0 Å². The van der Waals surface area contributed by atoms with Gasteiger partial charge in [0.05, 0.1) is 10.6 Å². The molecule has 0 aromatic heterocycles. The summed E-state index contributed by atoms with van der Waals surface area (Å²) < 4.78 is 35.9. The van der Waals surface area contributed by atoms with Gasteiger partial charge < -0.3 is 15.0 Å². The Morgan fingerprint density at radius 1 is 0.867 bits per heavy atom. The number of nitrogens with zero attached hydrogens (tertiary/aromatic N) is 2. The number of halogens is 1. The maximum atomic E-state index is 14.2. The fourth-order valence-corrected chi connectivity index (χ4v) is 7.24. The number of hydrogen-bond donors (Lipinski definition) is 1. The second-order valence-electron chi connectivity index (χ2n) is 11.1. The van der Waals surface area contributed by atoms with Crippen molar-refractivity contribution in [1.29, 1.82) is 0 Å². The van der Waals surface area contributed by atoms with Crippen molar-refractivity contribution in [3.05, 3.63) is 119 Å². The number of hydrogen-bond acceptors (Lipinski definition) is 5. The van der Waals surface area contributed by atoms with Crippen LogP contribution in [0.4, 0.5) is 5.69 Å². The maximum absolute atomic E-state index is 14.2. The molecule has 1 N–H and O–H groups in total. The SMILES string of the molecule is CC(C(=O)NC1CCCC1)N(Cc1cccc(Br)c1)C(=O)CN(c1ccc(Oc2ccccc2)cc1)S(=O)(=O)c1ccccc1. The van der Waals surface area contributed by atoms with Gasteiger partial charge in [-0.3, -0.25) is 13.9 Å². The summed E-state index contributed by atoms with van der Waals surface area (Å²) in [5.41, 5.74) is 1.09. The molecule has 4 aromatic carbocycles. The highest BCUT2D eigenvalue weighted by atomic mass is 79.9. The number of benzene rings is 4. The van der Waals surface area contributed by atoms with E-state index in [1.54, 1.807) is 49.4 Å². The van der Waals surface area contributed by atoms with Gasteiger partial charge in [-0.05, 0) is 86.0 Å². The molecule has 1 atom stereocenters. The Kier molecular flexibility index (Phi) is 10.6. The molecular formula is C35H36BrN3O5S. The van der Waals surface area contributed by atoms with Crippen molar-refractivity contribution in [2.24, 2.45) is 0 Å². The molecular weight excluding hydrogens is 654 g/mol. The van der Waals surface area contributed by atoms with E-state index in [-0.39, 0.29) is 29.1 Å². The lowest BCUT2D eigenvalue weighted by Gasteiger charge is -2.32. The van der Waals surface area contributed by atoms with Gasteiger partial charge in [-0.1, -0.05) is 77.3 Å². The Balaban J connectivity index is 1.46. The molecule has 1 saturated carbocycles. The summed E-state index contributed by atoms with van der Waals surface area (Å²) in [6.07, 6.45) is 3.93. The van der Waals surface area contributed by atoms with Crippen LogP contribution in [0.3, 0.4) is 0 Å². The van der Waals surface area contributed by atoms with Crippen LogP contribution in [-0.2, 0) is 26.2 Å². The number of amides is 2. The standard InChI is InChI=1S/C35H36BrN3O5S/c1-26(35(41)37-29-13-8-9-14-29)38(24-27-11-10-12-28(36)23-27)34(40)25-39(45(42,43)33-17-6-3-7-18-33)30-19-21-32(22-20-30)44-31-15-4-2-5-16-31/h2-7,10-12,15-23,26,29H,8-9,13-14,24-25H2,1H3,(H,37,41). The normalized spacial score (nSPS) is 14.0. The van der Waals surface area contributed by atoms with Crippen molar-refractivity contribution in [2.45, 2.75) is 56.1 Å². The molecule has 1 unspecified atom stereocenters. The first-order chi connectivity index (χ1) is 21.7. The zero-order chi connectivity index (χ0) is 31.8. The van der Waals surface area contributed by atoms with Gasteiger partial charge in [-0.25, -0.2) is 8.42 Å². The first-order valence-electron chi connectivity index (χ1n) is 15.0. The highest BCUT2D eigenvalue weighted by Crippen LogP contribution is 2.29. The molecule has 0 aliphatic heterocycles. The summed E-state index contributed by atoms with van der Waals surface area (Å²) in [6, 6.07) is 30.5. The van der Waals surface area contributed by atoms with Crippen LogP contribution in [-0.4, -0.2) is 43.8 Å². The van der Waals surface area contributed by atoms with Crippen molar-refractivity contribution in [1.82, 2.24) is 10.2 Å². The molecule has 0 heterocycles. The Morgan fingerprint density at radius 2 is 1.49 bits per heavy atom. The average molecular weight is 691 g/mol. The van der Waals surface area contributed by atoms with Crippen molar-refractivity contribution in [2.75, 3.05) is 10.8 Å². The summed E-state index contributed by atoms with van der Waals surface area (Å²) in [5.74, 6) is 0.391. The number of ether oxygens (including phenoxy) is 1. The average Bonchev–Trinajstić information content (AvgIpc) is 3.56. The summed E-state index contributed by atoms with van der Waals surface area (Å²) >= 11 is 3.48. The van der Waals surface area contributed by atoms with Crippen molar-refractivity contribution < 1.29 is 22.7 Å². The van der Waals surface area contributed by atoms with E-state index < -0.39 is 28.5 Å². The molecule has 4 aromatic rings. The Morgan fingerprint density at radius 3 is 2.13 bits per heavy atom. The minimum absolute atomic E-state index is 0.0491. The third-order valence-electron chi connectivity index (χ3n) is 7.82. The van der Waals surface area contributed by atoms with Crippen LogP contribution in [0.15, 0.2) is 119 Å². The van der Waals surface area contributed by atoms with Gasteiger partial charge in [0.1, 0.15) is 24.1 Å². The third-order valence-corrected chi connectivity index (χ3v) is 10.1. The van der Waals surface area contributed by atoms with Crippen LogP contribution in [0.5, 0.6) is 11.5 Å². The highest BCUT2D eigenvalue weighted by molar-refractivity contribution is 9.10. The summed E-state index contributed by atoms with van der Waals surface area (Å²) in [4.78, 5) is 29.1. The number of carbonyl (C=O) groups excluding carboxylic acids is 2. The number of anilines is 1. The lowest BCUT2D eigenvalue weighted by Crippen LogP contribution is -2.52. The van der Waals surface area contributed by atoms with Crippen LogP contribution in [0, 0.1) is 0 Å². The summed E-state index contributed by atoms with van der Waals surface area (Å²) in [7, 11) is -4.16. The van der Waals surface area contributed by atoms with Gasteiger partial charge >= 0.3 is 0 Å². The van der Waals surface area contributed by atoms with E-state index in [0.717, 1.165) is 40.0 Å². The second-order valence-corrected chi connectivity index (χ2v) is 13.8. The Bertz CT molecular complexity index is 1700. The van der Waals surface area contributed by atoms with E-state index in [0.29, 0.717) is 11.5 Å². The molecule has 0 bridgehead atoms. The molecule has 5 rings (SSSR count). The van der Waals surface area contributed by atoms with Gasteiger partial charge in [0.2, 0.25) is 11.8 Å². The fourth-order valence-electron chi connectivity index (χ4n) is 5.36. The van der Waals surface area contributed by atoms with Gasteiger partial charge in [0.15, 0.2) is 0 Å². The molecule has 0 saturated heterocycles. The molecule has 2 amide bonds. The Labute approximate surface area is 273 Å². The molecule has 45 heavy (non-hydrogen) atoms. The number of sulfonamides is 1. The van der Waals surface area contributed by atoms with E-state index in [1.807, 2.05) is 54.6 Å². The maximum Gasteiger partial charge on any atom is 0.264 e. The van der Waals surface area contributed by atoms with Crippen LogP contribution >= 0.6 is 15.9 Å². The largest absolute Gasteiger partial charge is 0.457 e. The molecule has 8 nitrogen and oxygen atoms in total. The molecule has 0 spiro atoms. The Hall–Kier alpha value is -4.15.